The van der Waals surface area contributed by atoms with E-state index in [2.05, 4.69) is 5.32 Å². The average Bonchev–Trinajstić information content (AvgIpc) is 2.79. The molecule has 0 spiro atoms. The van der Waals surface area contributed by atoms with Gasteiger partial charge in [0.25, 0.3) is 0 Å². The van der Waals surface area contributed by atoms with Crippen molar-refractivity contribution in [3.05, 3.63) is 64.7 Å². The van der Waals surface area contributed by atoms with Gasteiger partial charge in [0.05, 0.1) is 11.3 Å². The van der Waals surface area contributed by atoms with Crippen LogP contribution in [-0.4, -0.2) is 36.1 Å². The van der Waals surface area contributed by atoms with Crippen molar-refractivity contribution in [3.63, 3.8) is 0 Å². The third kappa shape index (κ3) is 7.74. The number of rotatable bonds is 8. The molecule has 0 radical (unpaired) electrons. The number of thioether (sulfide) groups is 1. The minimum atomic E-state index is -0.558. The smallest absolute Gasteiger partial charge is 0.339 e. The molecule has 5 nitrogen and oxygen atoms in total. The number of benzene rings is 2. The maximum Gasteiger partial charge on any atom is 0.339 e. The van der Waals surface area contributed by atoms with Crippen molar-refractivity contribution in [1.82, 2.24) is 5.32 Å². The van der Waals surface area contributed by atoms with Gasteiger partial charge >= 0.3 is 5.97 Å². The van der Waals surface area contributed by atoms with Crippen LogP contribution in [0.1, 0.15) is 76.8 Å². The fraction of sp³-hybridized carbons (Fsp3) is 0.444. The van der Waals surface area contributed by atoms with Gasteiger partial charge in [-0.3, -0.25) is 9.59 Å². The van der Waals surface area contributed by atoms with Crippen molar-refractivity contribution in [1.29, 1.82) is 0 Å². The summed E-state index contributed by atoms with van der Waals surface area (Å²) < 4.78 is 5.33. The number of hydrogen-bond acceptors (Lipinski definition) is 5. The quantitative estimate of drug-likeness (QED) is 0.308. The molecule has 0 saturated heterocycles. The maximum atomic E-state index is 12.7. The Morgan fingerprint density at radius 3 is 2.39 bits per heavy atom. The molecule has 176 valence electrons. The zero-order chi connectivity index (χ0) is 23.6. The van der Waals surface area contributed by atoms with Crippen LogP contribution < -0.4 is 5.32 Å². The van der Waals surface area contributed by atoms with Crippen LogP contribution >= 0.6 is 11.8 Å². The van der Waals surface area contributed by atoms with Crippen LogP contribution in [0.15, 0.2) is 47.4 Å². The molecule has 0 bridgehead atoms. The Hall–Kier alpha value is -2.60. The normalized spacial score (nSPS) is 14.7. The topological polar surface area (TPSA) is 72.5 Å². The summed E-state index contributed by atoms with van der Waals surface area (Å²) in [4.78, 5) is 38.4. The van der Waals surface area contributed by atoms with Crippen molar-refractivity contribution in [3.8, 4) is 0 Å². The molecule has 0 unspecified atom stereocenters. The number of nitrogens with one attached hydrogen (secondary N) is 1. The predicted octanol–water partition coefficient (Wildman–Crippen LogP) is 5.66. The van der Waals surface area contributed by atoms with Crippen LogP contribution in [0.4, 0.5) is 0 Å². The first-order valence-electron chi connectivity index (χ1n) is 11.7. The molecule has 1 saturated carbocycles. The van der Waals surface area contributed by atoms with Gasteiger partial charge in [-0.05, 0) is 50.5 Å². The molecule has 1 aliphatic carbocycles. The summed E-state index contributed by atoms with van der Waals surface area (Å²) in [5.41, 5.74) is 2.77. The fourth-order valence-corrected chi connectivity index (χ4v) is 4.95. The summed E-state index contributed by atoms with van der Waals surface area (Å²) in [6.07, 6.45) is 8.16. The third-order valence-electron chi connectivity index (χ3n) is 5.96. The molecule has 0 aliphatic heterocycles. The van der Waals surface area contributed by atoms with E-state index in [1.54, 1.807) is 18.2 Å². The number of ketones is 1. The Kier molecular flexibility index (Phi) is 9.55. The molecule has 1 fully saturated rings. The van der Waals surface area contributed by atoms with E-state index in [4.69, 9.17) is 4.74 Å². The zero-order valence-electron chi connectivity index (χ0n) is 19.5. The van der Waals surface area contributed by atoms with E-state index in [1.165, 1.54) is 31.0 Å². The van der Waals surface area contributed by atoms with E-state index in [1.807, 2.05) is 38.1 Å². The molecular formula is C27H33NO4S. The lowest BCUT2D eigenvalue weighted by Gasteiger charge is -2.21. The zero-order valence-corrected chi connectivity index (χ0v) is 20.3. The number of hydrogen-bond donors (Lipinski definition) is 1. The lowest BCUT2D eigenvalue weighted by Crippen LogP contribution is -2.36. The second-order valence-corrected chi connectivity index (χ2v) is 9.73. The third-order valence-corrected chi connectivity index (χ3v) is 7.04. The number of ether oxygens (including phenoxy) is 1. The Labute approximate surface area is 200 Å². The highest BCUT2D eigenvalue weighted by atomic mass is 32.2. The van der Waals surface area contributed by atoms with Gasteiger partial charge in [-0.1, -0.05) is 61.9 Å². The first kappa shape index (κ1) is 25.0. The lowest BCUT2D eigenvalue weighted by molar-refractivity contribution is -0.119. The molecule has 1 N–H and O–H groups in total. The van der Waals surface area contributed by atoms with Crippen LogP contribution in [0.2, 0.25) is 0 Å². The molecule has 2 aromatic carbocycles. The fourth-order valence-electron chi connectivity index (χ4n) is 4.10. The van der Waals surface area contributed by atoms with E-state index in [0.29, 0.717) is 16.0 Å². The summed E-state index contributed by atoms with van der Waals surface area (Å²) in [5.74, 6) is -0.563. The van der Waals surface area contributed by atoms with Crippen LogP contribution in [0.5, 0.6) is 0 Å². The van der Waals surface area contributed by atoms with Gasteiger partial charge in [0.2, 0.25) is 11.7 Å². The van der Waals surface area contributed by atoms with Crippen molar-refractivity contribution in [2.75, 3.05) is 12.4 Å². The van der Waals surface area contributed by atoms with Gasteiger partial charge in [-0.15, -0.1) is 11.8 Å². The molecule has 6 heteroatoms. The Bertz CT molecular complexity index is 980. The molecule has 1 amide bonds. The minimum absolute atomic E-state index is 0.0150. The summed E-state index contributed by atoms with van der Waals surface area (Å²) in [5, 5.41) is 3.15. The van der Waals surface area contributed by atoms with E-state index in [0.717, 1.165) is 36.8 Å². The molecular weight excluding hydrogens is 434 g/mol. The van der Waals surface area contributed by atoms with Crippen LogP contribution in [0.3, 0.4) is 0 Å². The molecule has 0 heterocycles. The number of esters is 1. The highest BCUT2D eigenvalue weighted by Crippen LogP contribution is 2.24. The van der Waals surface area contributed by atoms with Gasteiger partial charge in [-0.2, -0.15) is 0 Å². The summed E-state index contributed by atoms with van der Waals surface area (Å²) in [7, 11) is 0. The van der Waals surface area contributed by atoms with Crippen molar-refractivity contribution in [2.45, 2.75) is 69.7 Å². The van der Waals surface area contributed by atoms with Crippen LogP contribution in [-0.2, 0) is 9.53 Å². The summed E-state index contributed by atoms with van der Waals surface area (Å²) >= 11 is 1.32. The van der Waals surface area contributed by atoms with Crippen LogP contribution in [0, 0.1) is 13.8 Å². The minimum Gasteiger partial charge on any atom is -0.454 e. The van der Waals surface area contributed by atoms with Crippen LogP contribution in [0.25, 0.3) is 0 Å². The van der Waals surface area contributed by atoms with Crippen molar-refractivity contribution in [2.24, 2.45) is 0 Å². The lowest BCUT2D eigenvalue weighted by atomic mass is 9.97. The van der Waals surface area contributed by atoms with E-state index in [9.17, 15) is 14.4 Å². The number of aryl methyl sites for hydroxylation is 2. The Morgan fingerprint density at radius 1 is 0.939 bits per heavy atom. The second kappa shape index (κ2) is 12.6. The SMILES string of the molecule is Cc1ccc(C)c(C(=O)COC(=O)c2ccccc2SCC(=O)NC2CCCCCCC2)c1. The number of carbonyl (C=O) groups is 3. The van der Waals surface area contributed by atoms with Crippen molar-refractivity contribution < 1.29 is 19.1 Å². The molecule has 0 atom stereocenters. The van der Waals surface area contributed by atoms with E-state index in [-0.39, 0.29) is 30.1 Å². The Morgan fingerprint density at radius 2 is 1.64 bits per heavy atom. The molecule has 0 aromatic heterocycles. The molecule has 3 rings (SSSR count). The van der Waals surface area contributed by atoms with Gasteiger partial charge in [0.15, 0.2) is 6.61 Å². The monoisotopic (exact) mass is 467 g/mol. The number of carbonyl (C=O) groups excluding carboxylic acids is 3. The second-order valence-electron chi connectivity index (χ2n) is 8.71. The van der Waals surface area contributed by atoms with Gasteiger partial charge in [-0.25, -0.2) is 4.79 Å². The predicted molar refractivity (Wildman–Crippen MR) is 132 cm³/mol. The van der Waals surface area contributed by atoms with E-state index >= 15 is 0 Å². The largest absolute Gasteiger partial charge is 0.454 e. The average molecular weight is 468 g/mol. The number of Topliss-reactive ketones (excluding diaryl/α,β-unsaturated/α-hetero) is 1. The number of amides is 1. The van der Waals surface area contributed by atoms with Gasteiger partial charge in [0, 0.05) is 16.5 Å². The highest BCUT2D eigenvalue weighted by molar-refractivity contribution is 8.00. The summed E-state index contributed by atoms with van der Waals surface area (Å²) in [6, 6.07) is 12.9. The van der Waals surface area contributed by atoms with E-state index < -0.39 is 5.97 Å². The highest BCUT2D eigenvalue weighted by Gasteiger charge is 2.18. The Balaban J connectivity index is 1.54. The first-order chi connectivity index (χ1) is 15.9. The molecule has 1 aliphatic rings. The van der Waals surface area contributed by atoms with Crippen molar-refractivity contribution >= 4 is 29.4 Å². The summed E-state index contributed by atoms with van der Waals surface area (Å²) in [6.45, 7) is 3.47. The standard InChI is InChI=1S/C27H33NO4S/c1-19-14-15-20(2)23(16-19)24(29)17-32-27(31)22-12-8-9-13-25(22)33-18-26(30)28-21-10-6-4-3-5-7-11-21/h8-9,12-16,21H,3-7,10-11,17-18H2,1-2H3,(H,28,30). The molecule has 2 aromatic rings. The van der Waals surface area contributed by atoms with Gasteiger partial charge < -0.3 is 10.1 Å². The first-order valence-corrected chi connectivity index (χ1v) is 12.7. The van der Waals surface area contributed by atoms with Gasteiger partial charge in [0.1, 0.15) is 0 Å². The maximum absolute atomic E-state index is 12.7. The molecule has 33 heavy (non-hydrogen) atoms.